The number of carboxylic acids is 1. The van der Waals surface area contributed by atoms with E-state index in [1.807, 2.05) is 0 Å². The summed E-state index contributed by atoms with van der Waals surface area (Å²) in [7, 11) is 1.55. The summed E-state index contributed by atoms with van der Waals surface area (Å²) in [5, 5.41) is 21.2. The van der Waals surface area contributed by atoms with Gasteiger partial charge < -0.3 is 25.4 Å². The standard InChI is InChI=1S/C13H14N4O4/c1-17(7-10-14-5-6-15-10)13(21)16-9-4-2-3-8(11(9)18)12(19)20/h2-6,18H,7H2,1H3,(H,14,15)(H,16,21)(H,19,20). The van der Waals surface area contributed by atoms with Crippen LogP contribution in [-0.2, 0) is 6.54 Å². The van der Waals surface area contributed by atoms with Gasteiger partial charge in [0.25, 0.3) is 0 Å². The number of nitrogens with one attached hydrogen (secondary N) is 2. The van der Waals surface area contributed by atoms with Crippen molar-refractivity contribution in [1.29, 1.82) is 0 Å². The number of carbonyl (C=O) groups excluding carboxylic acids is 1. The molecule has 110 valence electrons. The Bertz CT molecular complexity index is 654. The van der Waals surface area contributed by atoms with E-state index in [1.165, 1.54) is 23.1 Å². The monoisotopic (exact) mass is 290 g/mol. The van der Waals surface area contributed by atoms with E-state index in [0.29, 0.717) is 5.82 Å². The van der Waals surface area contributed by atoms with Gasteiger partial charge in [0.2, 0.25) is 0 Å². The molecule has 0 radical (unpaired) electrons. The summed E-state index contributed by atoms with van der Waals surface area (Å²) in [6.07, 6.45) is 3.21. The molecule has 0 unspecified atom stereocenters. The van der Waals surface area contributed by atoms with E-state index < -0.39 is 17.7 Å². The van der Waals surface area contributed by atoms with Gasteiger partial charge in [-0.3, -0.25) is 0 Å². The fourth-order valence-electron chi connectivity index (χ4n) is 1.71. The van der Waals surface area contributed by atoms with E-state index in [-0.39, 0.29) is 17.8 Å². The van der Waals surface area contributed by atoms with Crippen LogP contribution in [0.4, 0.5) is 10.5 Å². The van der Waals surface area contributed by atoms with E-state index in [4.69, 9.17) is 5.11 Å². The summed E-state index contributed by atoms with van der Waals surface area (Å²) < 4.78 is 0. The maximum Gasteiger partial charge on any atom is 0.339 e. The lowest BCUT2D eigenvalue weighted by atomic mass is 10.1. The number of para-hydroxylation sites is 1. The number of H-pyrrole nitrogens is 1. The molecule has 8 nitrogen and oxygen atoms in total. The molecule has 2 aromatic rings. The van der Waals surface area contributed by atoms with Gasteiger partial charge in [0.1, 0.15) is 11.4 Å². The second-order valence-corrected chi connectivity index (χ2v) is 4.33. The Morgan fingerprint density at radius 3 is 2.81 bits per heavy atom. The molecule has 0 aliphatic carbocycles. The minimum Gasteiger partial charge on any atom is -0.505 e. The molecule has 1 aromatic heterocycles. The van der Waals surface area contributed by atoms with E-state index in [9.17, 15) is 14.7 Å². The van der Waals surface area contributed by atoms with Crippen LogP contribution in [0, 0.1) is 0 Å². The Morgan fingerprint density at radius 1 is 1.43 bits per heavy atom. The summed E-state index contributed by atoms with van der Waals surface area (Å²) in [6, 6.07) is 3.61. The number of amides is 2. The first-order valence-electron chi connectivity index (χ1n) is 6.04. The van der Waals surface area contributed by atoms with E-state index in [0.717, 1.165) is 0 Å². The number of anilines is 1. The average molecular weight is 290 g/mol. The number of benzene rings is 1. The quantitative estimate of drug-likeness (QED) is 0.636. The third-order valence-corrected chi connectivity index (χ3v) is 2.80. The van der Waals surface area contributed by atoms with Gasteiger partial charge in [-0.15, -0.1) is 0 Å². The number of urea groups is 1. The number of nitrogens with zero attached hydrogens (tertiary/aromatic N) is 2. The predicted molar refractivity (Wildman–Crippen MR) is 74.1 cm³/mol. The van der Waals surface area contributed by atoms with Gasteiger partial charge in [-0.25, -0.2) is 14.6 Å². The molecule has 0 aliphatic heterocycles. The molecule has 0 spiro atoms. The number of aromatic carboxylic acids is 1. The molecule has 21 heavy (non-hydrogen) atoms. The highest BCUT2D eigenvalue weighted by molar-refractivity contribution is 5.97. The number of hydrogen-bond donors (Lipinski definition) is 4. The zero-order chi connectivity index (χ0) is 15.4. The van der Waals surface area contributed by atoms with Gasteiger partial charge in [-0.2, -0.15) is 0 Å². The Hall–Kier alpha value is -3.03. The second-order valence-electron chi connectivity index (χ2n) is 4.33. The van der Waals surface area contributed by atoms with Crippen LogP contribution in [0.25, 0.3) is 0 Å². The van der Waals surface area contributed by atoms with Crippen LogP contribution in [0.3, 0.4) is 0 Å². The maximum absolute atomic E-state index is 12.0. The predicted octanol–water partition coefficient (Wildman–Crippen LogP) is 1.48. The van der Waals surface area contributed by atoms with E-state index in [1.54, 1.807) is 19.4 Å². The van der Waals surface area contributed by atoms with Crippen LogP contribution in [0.15, 0.2) is 30.6 Å². The topological polar surface area (TPSA) is 119 Å². The van der Waals surface area contributed by atoms with Crippen LogP contribution >= 0.6 is 0 Å². The molecule has 2 rings (SSSR count). The number of rotatable bonds is 4. The Balaban J connectivity index is 2.09. The maximum atomic E-state index is 12.0. The van der Waals surface area contributed by atoms with Crippen molar-refractivity contribution >= 4 is 17.7 Å². The zero-order valence-corrected chi connectivity index (χ0v) is 11.2. The molecule has 4 N–H and O–H groups in total. The number of aromatic amines is 1. The zero-order valence-electron chi connectivity index (χ0n) is 11.2. The summed E-state index contributed by atoms with van der Waals surface area (Å²) in [5.41, 5.74) is -0.243. The molecule has 0 saturated heterocycles. The van der Waals surface area contributed by atoms with Gasteiger partial charge in [0.15, 0.2) is 5.75 Å². The molecule has 1 aromatic carbocycles. The lowest BCUT2D eigenvalue weighted by molar-refractivity contribution is 0.0693. The van der Waals surface area contributed by atoms with Crippen molar-refractivity contribution in [2.75, 3.05) is 12.4 Å². The molecule has 8 heteroatoms. The highest BCUT2D eigenvalue weighted by Crippen LogP contribution is 2.27. The normalized spacial score (nSPS) is 10.1. The number of hydrogen-bond acceptors (Lipinski definition) is 4. The highest BCUT2D eigenvalue weighted by Gasteiger charge is 2.16. The number of carboxylic acid groups (broad SMARTS) is 1. The number of aromatic hydroxyl groups is 1. The van der Waals surface area contributed by atoms with Crippen molar-refractivity contribution < 1.29 is 19.8 Å². The first-order valence-corrected chi connectivity index (χ1v) is 6.04. The minimum absolute atomic E-state index is 0.0335. The van der Waals surface area contributed by atoms with Gasteiger partial charge in [-0.1, -0.05) is 6.07 Å². The molecular formula is C13H14N4O4. The first kappa shape index (κ1) is 14.4. The van der Waals surface area contributed by atoms with Crippen molar-refractivity contribution in [2.24, 2.45) is 0 Å². The van der Waals surface area contributed by atoms with Crippen LogP contribution in [-0.4, -0.2) is 44.1 Å². The van der Waals surface area contributed by atoms with Gasteiger partial charge in [0, 0.05) is 19.4 Å². The minimum atomic E-state index is -1.27. The molecular weight excluding hydrogens is 276 g/mol. The lowest BCUT2D eigenvalue weighted by Gasteiger charge is -2.17. The summed E-state index contributed by atoms with van der Waals surface area (Å²) in [6.45, 7) is 0.248. The van der Waals surface area contributed by atoms with Crippen LogP contribution in [0.1, 0.15) is 16.2 Å². The molecule has 0 saturated carbocycles. The van der Waals surface area contributed by atoms with E-state index in [2.05, 4.69) is 15.3 Å². The third kappa shape index (κ3) is 3.30. The number of aromatic nitrogens is 2. The second kappa shape index (κ2) is 5.95. The average Bonchev–Trinajstić information content (AvgIpc) is 2.93. The molecule has 0 atom stereocenters. The number of carbonyl (C=O) groups is 2. The van der Waals surface area contributed by atoms with Crippen LogP contribution < -0.4 is 5.32 Å². The van der Waals surface area contributed by atoms with Crippen molar-refractivity contribution in [3.05, 3.63) is 42.0 Å². The van der Waals surface area contributed by atoms with E-state index >= 15 is 0 Å². The van der Waals surface area contributed by atoms with Crippen molar-refractivity contribution in [3.8, 4) is 5.75 Å². The van der Waals surface area contributed by atoms with Crippen molar-refractivity contribution in [1.82, 2.24) is 14.9 Å². The fraction of sp³-hybridized carbons (Fsp3) is 0.154. The summed E-state index contributed by atoms with van der Waals surface area (Å²) in [4.78, 5) is 31.1. The summed E-state index contributed by atoms with van der Waals surface area (Å²) >= 11 is 0. The van der Waals surface area contributed by atoms with Crippen LogP contribution in [0.2, 0.25) is 0 Å². The van der Waals surface area contributed by atoms with Crippen LogP contribution in [0.5, 0.6) is 5.75 Å². The van der Waals surface area contributed by atoms with Gasteiger partial charge in [-0.05, 0) is 12.1 Å². The third-order valence-electron chi connectivity index (χ3n) is 2.80. The lowest BCUT2D eigenvalue weighted by Crippen LogP contribution is -2.31. The Kier molecular flexibility index (Phi) is 4.07. The largest absolute Gasteiger partial charge is 0.505 e. The fourth-order valence-corrected chi connectivity index (χ4v) is 1.71. The number of imidazole rings is 1. The smallest absolute Gasteiger partial charge is 0.339 e. The van der Waals surface area contributed by atoms with Crippen molar-refractivity contribution in [2.45, 2.75) is 6.54 Å². The highest BCUT2D eigenvalue weighted by atomic mass is 16.4. The van der Waals surface area contributed by atoms with Crippen molar-refractivity contribution in [3.63, 3.8) is 0 Å². The first-order chi connectivity index (χ1) is 9.99. The number of phenols is 1. The Morgan fingerprint density at radius 2 is 2.19 bits per heavy atom. The van der Waals surface area contributed by atoms with Gasteiger partial charge in [0.05, 0.1) is 12.2 Å². The summed E-state index contributed by atoms with van der Waals surface area (Å²) in [5.74, 6) is -1.14. The molecule has 0 fully saturated rings. The Labute approximate surface area is 120 Å². The SMILES string of the molecule is CN(Cc1ncc[nH]1)C(=O)Nc1cccc(C(=O)O)c1O. The molecule has 2 amide bonds. The molecule has 0 bridgehead atoms. The van der Waals surface area contributed by atoms with Gasteiger partial charge >= 0.3 is 12.0 Å². The molecule has 0 aliphatic rings. The molecule has 1 heterocycles.